The van der Waals surface area contributed by atoms with Crippen LogP contribution in [0.5, 0.6) is 0 Å². The van der Waals surface area contributed by atoms with Crippen molar-refractivity contribution < 1.29 is 23.1 Å². The van der Waals surface area contributed by atoms with Gasteiger partial charge in [0, 0.05) is 33.1 Å². The summed E-state index contributed by atoms with van der Waals surface area (Å²) in [6.07, 6.45) is 0.575. The van der Waals surface area contributed by atoms with E-state index in [0.29, 0.717) is 26.1 Å². The molecule has 1 aliphatic rings. The molecule has 7 nitrogen and oxygen atoms in total. The SMILES string of the molecule is CC(=O)N1CCCN(S(=O)(=O)c2ccc(C(=O)O)cc2)CC1. The number of hydrogen-bond acceptors (Lipinski definition) is 4. The Labute approximate surface area is 129 Å². The zero-order valence-electron chi connectivity index (χ0n) is 12.2. The number of nitrogens with zero attached hydrogens (tertiary/aromatic N) is 2. The minimum Gasteiger partial charge on any atom is -0.478 e. The molecule has 1 aliphatic heterocycles. The van der Waals surface area contributed by atoms with Gasteiger partial charge in [0.15, 0.2) is 0 Å². The predicted molar refractivity (Wildman–Crippen MR) is 79.0 cm³/mol. The van der Waals surface area contributed by atoms with E-state index in [1.165, 1.54) is 35.5 Å². The van der Waals surface area contributed by atoms with E-state index in [9.17, 15) is 18.0 Å². The summed E-state index contributed by atoms with van der Waals surface area (Å²) in [5.74, 6) is -1.17. The molecular weight excluding hydrogens is 308 g/mol. The fraction of sp³-hybridized carbons (Fsp3) is 0.429. The van der Waals surface area contributed by atoms with E-state index in [1.54, 1.807) is 4.90 Å². The van der Waals surface area contributed by atoms with Crippen LogP contribution >= 0.6 is 0 Å². The Balaban J connectivity index is 2.19. The molecule has 1 heterocycles. The molecule has 0 aliphatic carbocycles. The third-order valence-electron chi connectivity index (χ3n) is 3.64. The Morgan fingerprint density at radius 3 is 2.23 bits per heavy atom. The van der Waals surface area contributed by atoms with Crippen LogP contribution in [0.2, 0.25) is 0 Å². The first kappa shape index (κ1) is 16.4. The first-order valence-electron chi connectivity index (χ1n) is 6.91. The van der Waals surface area contributed by atoms with Crippen LogP contribution < -0.4 is 0 Å². The lowest BCUT2D eigenvalue weighted by Crippen LogP contribution is -2.36. The Hall–Kier alpha value is -1.93. The molecule has 8 heteroatoms. The van der Waals surface area contributed by atoms with Crippen molar-refractivity contribution in [3.63, 3.8) is 0 Å². The highest BCUT2D eigenvalue weighted by molar-refractivity contribution is 7.89. The van der Waals surface area contributed by atoms with Gasteiger partial charge in [-0.25, -0.2) is 13.2 Å². The molecule has 1 fully saturated rings. The van der Waals surface area contributed by atoms with Gasteiger partial charge >= 0.3 is 5.97 Å². The summed E-state index contributed by atoms with van der Waals surface area (Å²) in [6, 6.07) is 5.14. The number of benzene rings is 1. The Morgan fingerprint density at radius 1 is 1.05 bits per heavy atom. The maximum atomic E-state index is 12.6. The molecule has 1 aromatic carbocycles. The maximum absolute atomic E-state index is 12.6. The number of carbonyl (C=O) groups excluding carboxylic acids is 1. The summed E-state index contributed by atoms with van der Waals surface area (Å²) in [6.45, 7) is 2.95. The fourth-order valence-electron chi connectivity index (χ4n) is 2.37. The lowest BCUT2D eigenvalue weighted by Gasteiger charge is -2.21. The fourth-order valence-corrected chi connectivity index (χ4v) is 3.84. The summed E-state index contributed by atoms with van der Waals surface area (Å²) < 4.78 is 26.5. The van der Waals surface area contributed by atoms with Gasteiger partial charge in [-0.3, -0.25) is 4.79 Å². The van der Waals surface area contributed by atoms with E-state index in [-0.39, 0.29) is 22.9 Å². The highest BCUT2D eigenvalue weighted by Crippen LogP contribution is 2.18. The quantitative estimate of drug-likeness (QED) is 0.879. The summed E-state index contributed by atoms with van der Waals surface area (Å²) >= 11 is 0. The summed E-state index contributed by atoms with van der Waals surface area (Å²) in [7, 11) is -3.67. The van der Waals surface area contributed by atoms with Crippen molar-refractivity contribution in [2.45, 2.75) is 18.2 Å². The predicted octanol–water partition coefficient (Wildman–Crippen LogP) is 0.628. The van der Waals surface area contributed by atoms with E-state index in [4.69, 9.17) is 5.11 Å². The summed E-state index contributed by atoms with van der Waals surface area (Å²) in [4.78, 5) is 23.9. The molecule has 120 valence electrons. The number of carboxylic acids is 1. The molecule has 0 bridgehead atoms. The summed E-state index contributed by atoms with van der Waals surface area (Å²) in [5, 5.41) is 8.85. The van der Waals surface area contributed by atoms with Crippen LogP contribution in [0.15, 0.2) is 29.2 Å². The van der Waals surface area contributed by atoms with Gasteiger partial charge in [-0.2, -0.15) is 4.31 Å². The normalized spacial score (nSPS) is 17.0. The molecule has 2 rings (SSSR count). The monoisotopic (exact) mass is 326 g/mol. The van der Waals surface area contributed by atoms with Crippen LogP contribution in [0, 0.1) is 0 Å². The van der Waals surface area contributed by atoms with Gasteiger partial charge in [-0.1, -0.05) is 0 Å². The van der Waals surface area contributed by atoms with Gasteiger partial charge in [0.1, 0.15) is 0 Å². The molecule has 22 heavy (non-hydrogen) atoms. The lowest BCUT2D eigenvalue weighted by atomic mass is 10.2. The second kappa shape index (κ2) is 6.45. The highest BCUT2D eigenvalue weighted by Gasteiger charge is 2.27. The minimum atomic E-state index is -3.67. The zero-order valence-corrected chi connectivity index (χ0v) is 13.0. The van der Waals surface area contributed by atoms with Crippen molar-refractivity contribution in [1.29, 1.82) is 0 Å². The number of carboxylic acid groups (broad SMARTS) is 1. The Bertz CT molecular complexity index is 669. The van der Waals surface area contributed by atoms with Crippen LogP contribution in [0.4, 0.5) is 0 Å². The zero-order chi connectivity index (χ0) is 16.3. The molecule has 0 aromatic heterocycles. The number of sulfonamides is 1. The van der Waals surface area contributed by atoms with Gasteiger partial charge in [-0.15, -0.1) is 0 Å². The highest BCUT2D eigenvalue weighted by atomic mass is 32.2. The van der Waals surface area contributed by atoms with E-state index in [2.05, 4.69) is 0 Å². The molecule has 1 saturated heterocycles. The number of hydrogen-bond donors (Lipinski definition) is 1. The molecule has 1 amide bonds. The molecule has 0 saturated carbocycles. The number of carbonyl (C=O) groups is 2. The molecule has 0 unspecified atom stereocenters. The Kier molecular flexibility index (Phi) is 4.82. The van der Waals surface area contributed by atoms with E-state index >= 15 is 0 Å². The van der Waals surface area contributed by atoms with Crippen molar-refractivity contribution in [3.8, 4) is 0 Å². The number of aromatic carboxylic acids is 1. The average Bonchev–Trinajstić information content (AvgIpc) is 2.73. The van der Waals surface area contributed by atoms with Crippen LogP contribution in [0.1, 0.15) is 23.7 Å². The van der Waals surface area contributed by atoms with Crippen molar-refractivity contribution in [2.75, 3.05) is 26.2 Å². The molecule has 0 spiro atoms. The minimum absolute atomic E-state index is 0.0394. The molecule has 1 aromatic rings. The topological polar surface area (TPSA) is 95.0 Å². The molecule has 0 atom stereocenters. The molecular formula is C14H18N2O5S. The van der Waals surface area contributed by atoms with Crippen LogP contribution in [0.25, 0.3) is 0 Å². The van der Waals surface area contributed by atoms with Gasteiger partial charge in [0.2, 0.25) is 15.9 Å². The van der Waals surface area contributed by atoms with E-state index in [0.717, 1.165) is 0 Å². The first-order valence-corrected chi connectivity index (χ1v) is 8.35. The third-order valence-corrected chi connectivity index (χ3v) is 5.55. The second-order valence-electron chi connectivity index (χ2n) is 5.09. The standard InChI is InChI=1S/C14H18N2O5S/c1-11(17)15-7-2-8-16(10-9-15)22(20,21)13-5-3-12(4-6-13)14(18)19/h3-6H,2,7-10H2,1H3,(H,18,19). The van der Waals surface area contributed by atoms with Gasteiger partial charge < -0.3 is 10.0 Å². The number of rotatable bonds is 3. The maximum Gasteiger partial charge on any atom is 0.335 e. The number of amides is 1. The van der Waals surface area contributed by atoms with Gasteiger partial charge in [0.05, 0.1) is 10.5 Å². The van der Waals surface area contributed by atoms with E-state index < -0.39 is 16.0 Å². The largest absolute Gasteiger partial charge is 0.478 e. The van der Waals surface area contributed by atoms with Gasteiger partial charge in [-0.05, 0) is 30.7 Å². The van der Waals surface area contributed by atoms with Crippen molar-refractivity contribution in [2.24, 2.45) is 0 Å². The van der Waals surface area contributed by atoms with Crippen molar-refractivity contribution >= 4 is 21.9 Å². The van der Waals surface area contributed by atoms with Gasteiger partial charge in [0.25, 0.3) is 0 Å². The lowest BCUT2D eigenvalue weighted by molar-refractivity contribution is -0.128. The summed E-state index contributed by atoms with van der Waals surface area (Å²) in [5.41, 5.74) is 0.0394. The van der Waals surface area contributed by atoms with Crippen LogP contribution in [0.3, 0.4) is 0 Å². The average molecular weight is 326 g/mol. The third kappa shape index (κ3) is 3.45. The first-order chi connectivity index (χ1) is 10.3. The Morgan fingerprint density at radius 2 is 1.68 bits per heavy atom. The van der Waals surface area contributed by atoms with Crippen LogP contribution in [-0.4, -0.2) is 60.8 Å². The van der Waals surface area contributed by atoms with Crippen molar-refractivity contribution in [3.05, 3.63) is 29.8 Å². The van der Waals surface area contributed by atoms with Crippen molar-refractivity contribution in [1.82, 2.24) is 9.21 Å². The second-order valence-corrected chi connectivity index (χ2v) is 7.03. The van der Waals surface area contributed by atoms with E-state index in [1.807, 2.05) is 0 Å². The molecule has 1 N–H and O–H groups in total. The molecule has 0 radical (unpaired) electrons. The van der Waals surface area contributed by atoms with Crippen LogP contribution in [-0.2, 0) is 14.8 Å². The smallest absolute Gasteiger partial charge is 0.335 e.